The first-order valence-electron chi connectivity index (χ1n) is 46.1. The van der Waals surface area contributed by atoms with Crippen LogP contribution in [0.5, 0.6) is 0 Å². The minimum Gasteiger partial charge on any atom is -0.354 e. The molecule has 16 aliphatic rings. The van der Waals surface area contributed by atoms with Crippen LogP contribution in [0.1, 0.15) is 104 Å². The van der Waals surface area contributed by atoms with Gasteiger partial charge in [-0.05, 0) is 436 Å². The molecule has 2 fully saturated rings. The van der Waals surface area contributed by atoms with Crippen LogP contribution in [0.4, 0.5) is 5.69 Å². The summed E-state index contributed by atoms with van der Waals surface area (Å²) in [6, 6.07) is 60.7. The smallest absolute Gasteiger partial charge is 0.128 e. The molecular formula is C120H47N5O. The normalized spacial score (nSPS) is 23.8. The lowest BCUT2D eigenvalue weighted by atomic mass is 9.66. The second-order valence-corrected chi connectivity index (χ2v) is 42.0. The number of carbonyl (C=O) groups excluding carboxylic acids is 1. The molecule has 32 aromatic rings. The number of aromatic amines is 2. The van der Waals surface area contributed by atoms with E-state index in [1.165, 1.54) is 11.1 Å². The molecule has 3 atom stereocenters. The van der Waals surface area contributed by atoms with E-state index in [9.17, 15) is 0 Å². The van der Waals surface area contributed by atoms with Gasteiger partial charge in [0, 0.05) is 66.8 Å². The summed E-state index contributed by atoms with van der Waals surface area (Å²) in [5.41, 5.74) is 32.5. The summed E-state index contributed by atoms with van der Waals surface area (Å²) < 4.78 is 0. The number of aliphatic imine (C=N–C) groups is 1. The zero-order chi connectivity index (χ0) is 78.4. The van der Waals surface area contributed by atoms with Crippen LogP contribution >= 0.6 is 0 Å². The van der Waals surface area contributed by atoms with Gasteiger partial charge in [-0.15, -0.1) is 0 Å². The third-order valence-electron chi connectivity index (χ3n) is 39.5. The van der Waals surface area contributed by atoms with Gasteiger partial charge in [0.2, 0.25) is 0 Å². The molecule has 2 N–H and O–H groups in total. The Balaban J connectivity index is 0.629. The molecular weight excluding hydrogens is 1530 g/mol. The summed E-state index contributed by atoms with van der Waals surface area (Å²) in [5.74, 6) is 0. The fraction of sp³-hybridized carbons (Fsp3) is 0.100. The van der Waals surface area contributed by atoms with Crippen LogP contribution in [0.3, 0.4) is 0 Å². The van der Waals surface area contributed by atoms with Crippen LogP contribution < -0.4 is 0 Å². The first-order chi connectivity index (χ1) is 62.6. The van der Waals surface area contributed by atoms with Crippen molar-refractivity contribution in [1.29, 1.82) is 0 Å². The number of hydrogen-bond acceptors (Lipinski definition) is 4. The van der Waals surface area contributed by atoms with Crippen LogP contribution in [0, 0.1) is 10.8 Å². The predicted molar refractivity (Wildman–Crippen MR) is 518 cm³/mol. The Kier molecular flexibility index (Phi) is 6.93. The van der Waals surface area contributed by atoms with Gasteiger partial charge in [-0.3, -0.25) is 4.99 Å². The molecule has 20 bridgehead atoms. The van der Waals surface area contributed by atoms with Crippen LogP contribution in [0.15, 0.2) is 169 Å². The highest BCUT2D eigenvalue weighted by atomic mass is 16.1. The van der Waals surface area contributed by atoms with Gasteiger partial charge in [0.05, 0.1) is 44.7 Å². The molecule has 3 aromatic heterocycles. The zero-order valence-corrected chi connectivity index (χ0v) is 66.5. The molecule has 4 spiro atoms. The summed E-state index contributed by atoms with van der Waals surface area (Å²) >= 11 is 0. The number of aryl methyl sites for hydroxylation is 2. The molecule has 558 valence electrons. The Labute approximate surface area is 705 Å². The van der Waals surface area contributed by atoms with Gasteiger partial charge in [-0.25, -0.2) is 9.97 Å². The van der Waals surface area contributed by atoms with Crippen molar-refractivity contribution >= 4 is 312 Å². The van der Waals surface area contributed by atoms with E-state index in [2.05, 4.69) is 204 Å². The standard InChI is InChI=1S/C120H47N5O/c126-39-116-37-11-13-41-22-20-40(21-23-41)12-10-36-115(38-121-46-26-24-45(25-27-46)58-53-34-32-51(124-53)56(43-16-6-2-7-17-43)49-30-28-47(122-49)55(42-14-4-1-5-15-42)48-29-31-50(123-48)57(44-18-8-3-9-19-44)52-33-35-54(58)125-52)117-107-93-83-72-63-59-60-62-67-61(59)68-65-70(63)78(83)89-81-74(65)85-76(68)87-80(67)88-77-69(62)66-71-64(60)73(72)84-79(71)90-82-75(66)86(77)100-104-92(82)102(98(90)108(117)94(84)93)112-106-105-111(118(112,115)117)101(97(89)107)91(81)103-99(85)109-95(87)96(88)110(100)120(116,114(104)106)119(109,116)113(103)105/h1-9,14-35,38-39,122,125H,10-13,36-37H2. The molecule has 6 heteroatoms. The summed E-state index contributed by atoms with van der Waals surface area (Å²) in [6.45, 7) is 0. The van der Waals surface area contributed by atoms with Crippen molar-refractivity contribution in [2.24, 2.45) is 15.8 Å². The topological polar surface area (TPSA) is 86.8 Å². The second-order valence-electron chi connectivity index (χ2n) is 42.0. The van der Waals surface area contributed by atoms with E-state index in [0.29, 0.717) is 0 Å². The number of H-pyrrole nitrogens is 2. The van der Waals surface area contributed by atoms with Crippen molar-refractivity contribution in [3.8, 4) is 55.6 Å². The van der Waals surface area contributed by atoms with Crippen molar-refractivity contribution in [2.45, 2.75) is 60.2 Å². The lowest BCUT2D eigenvalue weighted by Gasteiger charge is -2.34. The van der Waals surface area contributed by atoms with Crippen molar-refractivity contribution < 1.29 is 4.79 Å². The average molecular weight is 1570 g/mol. The molecule has 0 amide bonds. The van der Waals surface area contributed by atoms with Gasteiger partial charge in [-0.1, -0.05) is 127 Å². The third kappa shape index (κ3) is 4.12. The van der Waals surface area contributed by atoms with E-state index in [4.69, 9.17) is 15.0 Å². The average Bonchev–Trinajstić information content (AvgIpc) is 1.34. The molecule has 2 aliphatic heterocycles. The fourth-order valence-corrected chi connectivity index (χ4v) is 37.5. The van der Waals surface area contributed by atoms with Gasteiger partial charge in [0.15, 0.2) is 0 Å². The van der Waals surface area contributed by atoms with Crippen molar-refractivity contribution in [3.63, 3.8) is 0 Å². The number of rotatable bonds is 7. The molecule has 29 aromatic carbocycles. The number of nitrogens with one attached hydrogen (secondary N) is 2. The van der Waals surface area contributed by atoms with E-state index < -0.39 is 32.5 Å². The Morgan fingerprint density at radius 3 is 0.770 bits per heavy atom. The maximum absolute atomic E-state index is 17.0. The first-order valence-corrected chi connectivity index (χ1v) is 46.1. The van der Waals surface area contributed by atoms with Crippen molar-refractivity contribution in [3.05, 3.63) is 242 Å². The summed E-state index contributed by atoms with van der Waals surface area (Å²) in [7, 11) is 0. The lowest BCUT2D eigenvalue weighted by molar-refractivity contribution is -0.113. The first kappa shape index (κ1) is 56.4. The second kappa shape index (κ2) is 15.5. The molecule has 14 aliphatic carbocycles. The quantitative estimate of drug-likeness (QED) is 0.0947. The molecule has 5 heterocycles. The highest BCUT2D eigenvalue weighted by molar-refractivity contribution is 6.79. The number of aldehydes is 1. The third-order valence-corrected chi connectivity index (χ3v) is 39.5. The number of carbonyl (C=O) groups is 1. The maximum Gasteiger partial charge on any atom is 0.128 e. The van der Waals surface area contributed by atoms with E-state index >= 15 is 4.79 Å². The predicted octanol–water partition coefficient (Wildman–Crippen LogP) is 29.4. The van der Waals surface area contributed by atoms with Crippen molar-refractivity contribution in [2.75, 3.05) is 0 Å². The molecule has 3 unspecified atom stereocenters. The molecule has 48 rings (SSSR count). The van der Waals surface area contributed by atoms with Gasteiger partial charge >= 0.3 is 0 Å². The fourth-order valence-electron chi connectivity index (χ4n) is 37.5. The van der Waals surface area contributed by atoms with Crippen LogP contribution in [-0.4, -0.2) is 32.4 Å². The monoisotopic (exact) mass is 1570 g/mol. The van der Waals surface area contributed by atoms with Gasteiger partial charge < -0.3 is 14.8 Å². The Bertz CT molecular complexity index is 11100. The minimum atomic E-state index is -0.740. The molecule has 2 saturated carbocycles. The highest BCUT2D eigenvalue weighted by Gasteiger charge is 2.99. The summed E-state index contributed by atoms with van der Waals surface area (Å²) in [6.07, 6.45) is 19.0. The van der Waals surface area contributed by atoms with E-state index in [-0.39, 0.29) is 0 Å². The van der Waals surface area contributed by atoms with Crippen LogP contribution in [-0.2, 0) is 39.3 Å². The number of benzene rings is 21. The number of aromatic nitrogens is 4. The van der Waals surface area contributed by atoms with Crippen LogP contribution in [0.25, 0.3) is 350 Å². The minimum absolute atomic E-state index is 0.517. The molecule has 0 radical (unpaired) electrons. The Hall–Kier alpha value is -15.2. The largest absolute Gasteiger partial charge is 0.354 e. The Morgan fingerprint density at radius 1 is 0.246 bits per heavy atom. The zero-order valence-electron chi connectivity index (χ0n) is 66.5. The summed E-state index contributed by atoms with van der Waals surface area (Å²) in [4.78, 5) is 43.0. The number of fused-ring (bicyclic) bond motifs is 8. The number of hydrogen-bond donors (Lipinski definition) is 2. The SMILES string of the molecule is O=CC12CCCc3ccc(cc3)CCCC3(C=Nc4ccc(-c5c6nc(c(-c7ccccc7)c7ccc([nH]7)c(-c7ccccc7)c7nc(c(-c8ccccc8)c8ccc5[nH]8)C=C7)C=C6)cc4)C45c6c7c8c9c%10c%11c%12c%13c%14c%15c%16c(c-7c4c4c7c%17c%18c%19c(c%20c6c9c6c%20c9c%19c%19c%20c%18c%18c7c(c4%16)c4c%15c7c%13c%13c%12c%12c%10c6c6c9c%19c9c(c%126)c%13c6c7c4c%18c%20c69)C%1735)C%141C8%112. The van der Waals surface area contributed by atoms with Crippen LogP contribution in [0.2, 0.25) is 0 Å². The van der Waals surface area contributed by atoms with E-state index in [0.717, 1.165) is 134 Å². The highest BCUT2D eigenvalue weighted by Crippen LogP contribution is 3.03. The number of nitrogens with zero attached hydrogens (tertiary/aromatic N) is 3. The van der Waals surface area contributed by atoms with Gasteiger partial charge in [-0.2, -0.15) is 0 Å². The van der Waals surface area contributed by atoms with E-state index in [1.807, 2.05) is 0 Å². The van der Waals surface area contributed by atoms with E-state index in [1.54, 1.807) is 310 Å². The van der Waals surface area contributed by atoms with Crippen molar-refractivity contribution in [1.82, 2.24) is 19.9 Å². The molecule has 126 heavy (non-hydrogen) atoms. The lowest BCUT2D eigenvalue weighted by Crippen LogP contribution is -2.28. The van der Waals surface area contributed by atoms with Gasteiger partial charge in [0.1, 0.15) is 6.29 Å². The Morgan fingerprint density at radius 2 is 0.484 bits per heavy atom. The maximum atomic E-state index is 17.0. The van der Waals surface area contributed by atoms with Gasteiger partial charge in [0.25, 0.3) is 0 Å². The summed E-state index contributed by atoms with van der Waals surface area (Å²) in [5, 5.41) is 73.4. The molecule has 6 nitrogen and oxygen atoms in total. The molecule has 0 saturated heterocycles.